The number of rotatable bonds is 3. The highest BCUT2D eigenvalue weighted by molar-refractivity contribution is 5.51. The van der Waals surface area contributed by atoms with E-state index in [2.05, 4.69) is 52.9 Å². The first-order valence-electron chi connectivity index (χ1n) is 7.53. The summed E-state index contributed by atoms with van der Waals surface area (Å²) >= 11 is 0. The Morgan fingerprint density at radius 2 is 1.52 bits per heavy atom. The van der Waals surface area contributed by atoms with Crippen molar-refractivity contribution in [3.63, 3.8) is 0 Å². The Bertz CT molecular complexity index is 507. The number of nitrogens with zero attached hydrogens (tertiary/aromatic N) is 1. The van der Waals surface area contributed by atoms with Crippen LogP contribution in [0.15, 0.2) is 12.1 Å². The molecule has 1 atom stereocenters. The SMILES string of the molecule is CCNC(C#N)c1cc(C(C)(C)C)c(O)c(C(C)(C)C)c1. The molecule has 0 heterocycles. The second kappa shape index (κ2) is 6.07. The summed E-state index contributed by atoms with van der Waals surface area (Å²) in [6, 6.07) is 5.87. The fourth-order valence-electron chi connectivity index (χ4n) is 2.41. The van der Waals surface area contributed by atoms with Gasteiger partial charge in [-0.05, 0) is 46.2 Å². The number of hydrogen-bond acceptors (Lipinski definition) is 3. The lowest BCUT2D eigenvalue weighted by atomic mass is 9.78. The van der Waals surface area contributed by atoms with E-state index < -0.39 is 0 Å². The van der Waals surface area contributed by atoms with Gasteiger partial charge in [-0.3, -0.25) is 5.32 Å². The second-order valence-corrected chi connectivity index (χ2v) is 7.58. The predicted octanol–water partition coefficient (Wildman–Crippen LogP) is 4.16. The van der Waals surface area contributed by atoms with E-state index in [-0.39, 0.29) is 16.9 Å². The van der Waals surface area contributed by atoms with Gasteiger partial charge in [-0.15, -0.1) is 0 Å². The van der Waals surface area contributed by atoms with Crippen LogP contribution in [-0.2, 0) is 10.8 Å². The van der Waals surface area contributed by atoms with Crippen LogP contribution in [0.4, 0.5) is 0 Å². The largest absolute Gasteiger partial charge is 0.507 e. The van der Waals surface area contributed by atoms with Gasteiger partial charge in [0, 0.05) is 0 Å². The van der Waals surface area contributed by atoms with Crippen LogP contribution < -0.4 is 5.32 Å². The first kappa shape index (κ1) is 17.5. The highest BCUT2D eigenvalue weighted by Crippen LogP contribution is 2.40. The molecule has 21 heavy (non-hydrogen) atoms. The summed E-state index contributed by atoms with van der Waals surface area (Å²) in [7, 11) is 0. The smallest absolute Gasteiger partial charge is 0.123 e. The van der Waals surface area contributed by atoms with Crippen LogP contribution in [0.2, 0.25) is 0 Å². The van der Waals surface area contributed by atoms with Gasteiger partial charge in [0.2, 0.25) is 0 Å². The van der Waals surface area contributed by atoms with E-state index >= 15 is 0 Å². The Kier molecular flexibility index (Phi) is 5.07. The lowest BCUT2D eigenvalue weighted by molar-refractivity contribution is 0.422. The molecule has 0 bridgehead atoms. The highest BCUT2D eigenvalue weighted by Gasteiger charge is 2.27. The fourth-order valence-corrected chi connectivity index (χ4v) is 2.41. The lowest BCUT2D eigenvalue weighted by Gasteiger charge is -2.29. The van der Waals surface area contributed by atoms with Crippen molar-refractivity contribution in [2.45, 2.75) is 65.3 Å². The summed E-state index contributed by atoms with van der Waals surface area (Å²) in [6.45, 7) is 15.2. The van der Waals surface area contributed by atoms with Crippen molar-refractivity contribution >= 4 is 0 Å². The van der Waals surface area contributed by atoms with Gasteiger partial charge in [0.05, 0.1) is 6.07 Å². The molecule has 0 aromatic heterocycles. The van der Waals surface area contributed by atoms with Gasteiger partial charge in [0.15, 0.2) is 0 Å². The summed E-state index contributed by atoms with van der Waals surface area (Å²) in [5.74, 6) is 0.354. The Labute approximate surface area is 129 Å². The maximum atomic E-state index is 10.7. The Hall–Kier alpha value is -1.53. The van der Waals surface area contributed by atoms with Gasteiger partial charge in [0.1, 0.15) is 11.8 Å². The molecule has 1 unspecified atom stereocenters. The first-order valence-corrected chi connectivity index (χ1v) is 7.53. The summed E-state index contributed by atoms with van der Waals surface area (Å²) in [4.78, 5) is 0. The van der Waals surface area contributed by atoms with Crippen LogP contribution >= 0.6 is 0 Å². The fraction of sp³-hybridized carbons (Fsp3) is 0.611. The Morgan fingerprint density at radius 1 is 1.10 bits per heavy atom. The third kappa shape index (κ3) is 3.98. The quantitative estimate of drug-likeness (QED) is 0.878. The second-order valence-electron chi connectivity index (χ2n) is 7.58. The molecule has 1 aromatic rings. The molecular weight excluding hydrogens is 260 g/mol. The van der Waals surface area contributed by atoms with Crippen LogP contribution in [0.1, 0.15) is 71.2 Å². The molecule has 1 rings (SSSR count). The van der Waals surface area contributed by atoms with Gasteiger partial charge < -0.3 is 5.11 Å². The lowest BCUT2D eigenvalue weighted by Crippen LogP contribution is -2.23. The van der Waals surface area contributed by atoms with E-state index in [0.29, 0.717) is 5.75 Å². The average Bonchev–Trinajstić information content (AvgIpc) is 2.33. The van der Waals surface area contributed by atoms with Crippen molar-refractivity contribution in [1.29, 1.82) is 5.26 Å². The normalized spacial score (nSPS) is 13.8. The number of nitriles is 1. The number of aromatic hydroxyl groups is 1. The molecule has 0 saturated carbocycles. The minimum Gasteiger partial charge on any atom is -0.507 e. The predicted molar refractivity (Wildman–Crippen MR) is 87.5 cm³/mol. The van der Waals surface area contributed by atoms with E-state index in [1.54, 1.807) is 0 Å². The third-order valence-corrected chi connectivity index (χ3v) is 3.62. The summed E-state index contributed by atoms with van der Waals surface area (Å²) < 4.78 is 0. The minimum atomic E-state index is -0.349. The first-order chi connectivity index (χ1) is 9.52. The van der Waals surface area contributed by atoms with E-state index in [1.165, 1.54) is 0 Å². The van der Waals surface area contributed by atoms with Crippen LogP contribution in [0, 0.1) is 11.3 Å². The van der Waals surface area contributed by atoms with Crippen molar-refractivity contribution < 1.29 is 5.11 Å². The summed E-state index contributed by atoms with van der Waals surface area (Å²) in [5, 5.41) is 23.2. The van der Waals surface area contributed by atoms with Crippen LogP contribution in [-0.4, -0.2) is 11.7 Å². The molecule has 0 fully saturated rings. The maximum absolute atomic E-state index is 10.7. The molecule has 3 heteroatoms. The van der Waals surface area contributed by atoms with Crippen molar-refractivity contribution in [2.24, 2.45) is 0 Å². The number of phenolic OH excluding ortho intramolecular Hbond substituents is 1. The highest BCUT2D eigenvalue weighted by atomic mass is 16.3. The van der Waals surface area contributed by atoms with Gasteiger partial charge in [-0.2, -0.15) is 5.26 Å². The molecule has 0 aliphatic carbocycles. The van der Waals surface area contributed by atoms with Crippen molar-refractivity contribution in [2.75, 3.05) is 6.54 Å². The van der Waals surface area contributed by atoms with E-state index in [4.69, 9.17) is 0 Å². The summed E-state index contributed by atoms with van der Waals surface area (Å²) in [6.07, 6.45) is 0. The minimum absolute atomic E-state index is 0.174. The third-order valence-electron chi connectivity index (χ3n) is 3.62. The molecule has 1 aromatic carbocycles. The molecular formula is C18H28N2O. The Balaban J connectivity index is 3.59. The molecule has 116 valence electrons. The standard InChI is InChI=1S/C18H28N2O/c1-8-20-15(11-19)12-9-13(17(2,3)4)16(21)14(10-12)18(5,6)7/h9-10,15,20-21H,8H2,1-7H3. The van der Waals surface area contributed by atoms with Gasteiger partial charge in [0.25, 0.3) is 0 Å². The molecule has 0 amide bonds. The zero-order chi connectivity index (χ0) is 16.4. The van der Waals surface area contributed by atoms with Gasteiger partial charge in [-0.25, -0.2) is 0 Å². The average molecular weight is 288 g/mol. The molecule has 0 aliphatic heterocycles. The van der Waals surface area contributed by atoms with Gasteiger partial charge in [-0.1, -0.05) is 48.5 Å². The van der Waals surface area contributed by atoms with Crippen LogP contribution in [0.25, 0.3) is 0 Å². The zero-order valence-corrected chi connectivity index (χ0v) is 14.3. The Morgan fingerprint density at radius 3 is 1.81 bits per heavy atom. The van der Waals surface area contributed by atoms with Crippen LogP contribution in [0.3, 0.4) is 0 Å². The summed E-state index contributed by atoms with van der Waals surface area (Å²) in [5.41, 5.74) is 2.36. The zero-order valence-electron chi connectivity index (χ0n) is 14.3. The molecule has 0 radical (unpaired) electrons. The number of benzene rings is 1. The molecule has 0 spiro atoms. The number of hydrogen-bond donors (Lipinski definition) is 2. The van der Waals surface area contributed by atoms with E-state index in [0.717, 1.165) is 23.2 Å². The van der Waals surface area contributed by atoms with E-state index in [9.17, 15) is 10.4 Å². The van der Waals surface area contributed by atoms with E-state index in [1.807, 2.05) is 19.1 Å². The topological polar surface area (TPSA) is 56.0 Å². The van der Waals surface area contributed by atoms with Crippen molar-refractivity contribution in [1.82, 2.24) is 5.32 Å². The molecule has 2 N–H and O–H groups in total. The monoisotopic (exact) mass is 288 g/mol. The molecule has 3 nitrogen and oxygen atoms in total. The van der Waals surface area contributed by atoms with Gasteiger partial charge >= 0.3 is 0 Å². The number of nitrogens with one attached hydrogen (secondary N) is 1. The molecule has 0 saturated heterocycles. The molecule has 0 aliphatic rings. The van der Waals surface area contributed by atoms with Crippen molar-refractivity contribution in [3.05, 3.63) is 28.8 Å². The van der Waals surface area contributed by atoms with Crippen molar-refractivity contribution in [3.8, 4) is 11.8 Å². The van der Waals surface area contributed by atoms with Crippen LogP contribution in [0.5, 0.6) is 5.75 Å². The number of phenols is 1. The maximum Gasteiger partial charge on any atom is 0.123 e.